The van der Waals surface area contributed by atoms with Gasteiger partial charge in [-0.25, -0.2) is 4.79 Å². The molecule has 7 heteroatoms. The molecule has 0 aliphatic carbocycles. The highest BCUT2D eigenvalue weighted by atomic mass is 31.2. The molecule has 0 fully saturated rings. The van der Waals surface area contributed by atoms with E-state index in [0.29, 0.717) is 5.56 Å². The number of benzene rings is 1. The molecule has 0 aliphatic heterocycles. The highest BCUT2D eigenvalue weighted by molar-refractivity contribution is 7.52. The Bertz CT molecular complexity index is 507. The van der Waals surface area contributed by atoms with E-state index in [1.165, 1.54) is 12.1 Å². The molecule has 0 aromatic heterocycles. The lowest BCUT2D eigenvalue weighted by Crippen LogP contribution is -2.14. The number of hydrogen-bond acceptors (Lipinski definition) is 4. The highest BCUT2D eigenvalue weighted by Gasteiger charge is 2.31. The number of carbonyl (C=O) groups excluding carboxylic acids is 1. The van der Waals surface area contributed by atoms with Crippen LogP contribution in [0.2, 0.25) is 0 Å². The second kappa shape index (κ2) is 7.36. The lowest BCUT2D eigenvalue weighted by Gasteiger charge is -2.19. The summed E-state index contributed by atoms with van der Waals surface area (Å²) in [7, 11) is -4.52. The molecule has 0 radical (unpaired) electrons. The van der Waals surface area contributed by atoms with Gasteiger partial charge in [-0.3, -0.25) is 4.57 Å². The van der Waals surface area contributed by atoms with Crippen molar-refractivity contribution in [2.75, 3.05) is 13.2 Å². The predicted octanol–water partition coefficient (Wildman–Crippen LogP) is 2.00. The molecular formula is C13H17O6P. The molecule has 1 aromatic carbocycles. The fraction of sp³-hybridized carbons (Fsp3) is 0.308. The summed E-state index contributed by atoms with van der Waals surface area (Å²) in [6, 6.07) is 8.08. The standard InChI is InChI=1S/C13H17O6P/c1-3-18-12(14)10(2)9-19-13(20(15,16)17)11-7-5-4-6-8-11/h4-8,13H,2-3,9H2,1H3,(H2,15,16,17). The van der Waals surface area contributed by atoms with Gasteiger partial charge in [0.2, 0.25) is 0 Å². The molecule has 0 aliphatic rings. The minimum Gasteiger partial charge on any atom is -0.463 e. The summed E-state index contributed by atoms with van der Waals surface area (Å²) in [6.07, 6.45) is 0. The third-order valence-electron chi connectivity index (χ3n) is 2.37. The molecular weight excluding hydrogens is 283 g/mol. The van der Waals surface area contributed by atoms with Crippen molar-refractivity contribution in [3.05, 3.63) is 48.0 Å². The first-order chi connectivity index (χ1) is 9.36. The number of rotatable bonds is 7. The van der Waals surface area contributed by atoms with Crippen LogP contribution >= 0.6 is 7.60 Å². The molecule has 0 amide bonds. The fourth-order valence-corrected chi connectivity index (χ4v) is 2.31. The van der Waals surface area contributed by atoms with Crippen LogP contribution in [0.3, 0.4) is 0 Å². The van der Waals surface area contributed by atoms with E-state index in [-0.39, 0.29) is 18.8 Å². The molecule has 110 valence electrons. The van der Waals surface area contributed by atoms with Gasteiger partial charge in [0.05, 0.1) is 18.8 Å². The van der Waals surface area contributed by atoms with Gasteiger partial charge in [-0.2, -0.15) is 0 Å². The van der Waals surface area contributed by atoms with Crippen molar-refractivity contribution in [3.8, 4) is 0 Å². The third-order valence-corrected chi connectivity index (χ3v) is 3.43. The van der Waals surface area contributed by atoms with Crippen molar-refractivity contribution < 1.29 is 28.6 Å². The van der Waals surface area contributed by atoms with Crippen molar-refractivity contribution in [2.24, 2.45) is 0 Å². The normalized spacial score (nSPS) is 12.8. The first-order valence-electron chi connectivity index (χ1n) is 5.93. The zero-order valence-corrected chi connectivity index (χ0v) is 12.0. The Morgan fingerprint density at radius 2 is 1.95 bits per heavy atom. The molecule has 1 unspecified atom stereocenters. The SMILES string of the molecule is C=C(COC(c1ccccc1)P(=O)(O)O)C(=O)OCC. The first kappa shape index (κ1) is 16.6. The van der Waals surface area contributed by atoms with E-state index in [1.54, 1.807) is 25.1 Å². The third kappa shape index (κ3) is 4.90. The largest absolute Gasteiger partial charge is 0.463 e. The average molecular weight is 300 g/mol. The molecule has 1 rings (SSSR count). The Balaban J connectivity index is 2.76. The summed E-state index contributed by atoms with van der Waals surface area (Å²) in [4.78, 5) is 30.0. The van der Waals surface area contributed by atoms with Crippen LogP contribution in [0.4, 0.5) is 0 Å². The predicted molar refractivity (Wildman–Crippen MR) is 73.0 cm³/mol. The molecule has 0 saturated heterocycles. The van der Waals surface area contributed by atoms with E-state index in [2.05, 4.69) is 6.58 Å². The summed E-state index contributed by atoms with van der Waals surface area (Å²) >= 11 is 0. The number of esters is 1. The van der Waals surface area contributed by atoms with Gasteiger partial charge in [-0.05, 0) is 12.5 Å². The maximum Gasteiger partial charge on any atom is 0.358 e. The van der Waals surface area contributed by atoms with Crippen LogP contribution in [0.1, 0.15) is 18.3 Å². The van der Waals surface area contributed by atoms with Crippen molar-refractivity contribution >= 4 is 13.6 Å². The molecule has 20 heavy (non-hydrogen) atoms. The lowest BCUT2D eigenvalue weighted by atomic mass is 10.2. The number of carbonyl (C=O) groups is 1. The second-order valence-corrected chi connectivity index (χ2v) is 5.63. The van der Waals surface area contributed by atoms with Gasteiger partial charge in [-0.15, -0.1) is 0 Å². The van der Waals surface area contributed by atoms with Gasteiger partial charge in [0.25, 0.3) is 0 Å². The van der Waals surface area contributed by atoms with Crippen LogP contribution in [0.5, 0.6) is 0 Å². The van der Waals surface area contributed by atoms with Gasteiger partial charge in [0.1, 0.15) is 0 Å². The number of hydrogen-bond donors (Lipinski definition) is 2. The van der Waals surface area contributed by atoms with Crippen molar-refractivity contribution in [2.45, 2.75) is 12.8 Å². The lowest BCUT2D eigenvalue weighted by molar-refractivity contribution is -0.139. The smallest absolute Gasteiger partial charge is 0.358 e. The highest BCUT2D eigenvalue weighted by Crippen LogP contribution is 2.52. The summed E-state index contributed by atoms with van der Waals surface area (Å²) in [5.41, 5.74) is 0.332. The Morgan fingerprint density at radius 3 is 2.45 bits per heavy atom. The summed E-state index contributed by atoms with van der Waals surface area (Å²) in [5, 5.41) is 0. The molecule has 1 aromatic rings. The minimum atomic E-state index is -4.52. The summed E-state index contributed by atoms with van der Waals surface area (Å²) in [5.74, 6) is -2.08. The van der Waals surface area contributed by atoms with Gasteiger partial charge in [0.15, 0.2) is 5.85 Å². The van der Waals surface area contributed by atoms with Crippen LogP contribution in [0.15, 0.2) is 42.5 Å². The van der Waals surface area contributed by atoms with Crippen LogP contribution in [-0.2, 0) is 18.8 Å². The van der Waals surface area contributed by atoms with E-state index >= 15 is 0 Å². The van der Waals surface area contributed by atoms with E-state index in [4.69, 9.17) is 9.47 Å². The molecule has 2 N–H and O–H groups in total. The second-order valence-electron chi connectivity index (χ2n) is 3.99. The van der Waals surface area contributed by atoms with Crippen LogP contribution in [0, 0.1) is 0 Å². The van der Waals surface area contributed by atoms with Crippen molar-refractivity contribution in [1.82, 2.24) is 0 Å². The van der Waals surface area contributed by atoms with Crippen molar-refractivity contribution in [1.29, 1.82) is 0 Å². The zero-order valence-electron chi connectivity index (χ0n) is 11.1. The summed E-state index contributed by atoms with van der Waals surface area (Å²) in [6.45, 7) is 4.99. The van der Waals surface area contributed by atoms with Gasteiger partial charge in [-0.1, -0.05) is 36.9 Å². The average Bonchev–Trinajstić information content (AvgIpc) is 2.38. The molecule has 0 saturated carbocycles. The molecule has 1 atom stereocenters. The molecule has 0 spiro atoms. The Labute approximate surface area is 117 Å². The molecule has 0 bridgehead atoms. The van der Waals surface area contributed by atoms with E-state index < -0.39 is 19.4 Å². The Hall–Kier alpha value is -1.46. The quantitative estimate of drug-likeness (QED) is 0.454. The minimum absolute atomic E-state index is 0.00114. The van der Waals surface area contributed by atoms with E-state index in [0.717, 1.165) is 0 Å². The van der Waals surface area contributed by atoms with Crippen molar-refractivity contribution in [3.63, 3.8) is 0 Å². The topological polar surface area (TPSA) is 93.1 Å². The maximum absolute atomic E-state index is 11.5. The van der Waals surface area contributed by atoms with E-state index in [1.807, 2.05) is 0 Å². The molecule has 6 nitrogen and oxygen atoms in total. The van der Waals surface area contributed by atoms with Gasteiger partial charge < -0.3 is 19.3 Å². The number of ether oxygens (including phenoxy) is 2. The first-order valence-corrected chi connectivity index (χ1v) is 7.61. The Morgan fingerprint density at radius 1 is 1.35 bits per heavy atom. The monoisotopic (exact) mass is 300 g/mol. The fourth-order valence-electron chi connectivity index (χ4n) is 1.48. The Kier molecular flexibility index (Phi) is 6.10. The van der Waals surface area contributed by atoms with Crippen LogP contribution < -0.4 is 0 Å². The van der Waals surface area contributed by atoms with Gasteiger partial charge >= 0.3 is 13.6 Å². The zero-order chi connectivity index (χ0) is 15.2. The van der Waals surface area contributed by atoms with Crippen LogP contribution in [-0.4, -0.2) is 29.0 Å². The van der Waals surface area contributed by atoms with Crippen LogP contribution in [0.25, 0.3) is 0 Å². The summed E-state index contributed by atoms with van der Waals surface area (Å²) < 4.78 is 21.3. The molecule has 0 heterocycles. The van der Waals surface area contributed by atoms with Gasteiger partial charge in [0, 0.05) is 0 Å². The van der Waals surface area contributed by atoms with E-state index in [9.17, 15) is 19.1 Å². The maximum atomic E-state index is 11.5.